The van der Waals surface area contributed by atoms with Crippen LogP contribution in [0, 0.1) is 13.8 Å². The van der Waals surface area contributed by atoms with E-state index in [9.17, 15) is 0 Å². The molecule has 1 aromatic heterocycles. The number of nitrogen functional groups attached to an aromatic ring is 1. The van der Waals surface area contributed by atoms with Crippen LogP contribution in [0.15, 0.2) is 36.5 Å². The first-order valence-electron chi connectivity index (χ1n) is 7.61. The Labute approximate surface area is 127 Å². The normalized spacial score (nSPS) is 12.3. The highest BCUT2D eigenvalue weighted by Gasteiger charge is 2.16. The Morgan fingerprint density at radius 2 is 2.00 bits per heavy atom. The van der Waals surface area contributed by atoms with Crippen molar-refractivity contribution >= 4 is 5.82 Å². The predicted octanol–water partition coefficient (Wildman–Crippen LogP) is 3.56. The molecule has 2 rings (SSSR count). The Morgan fingerprint density at radius 1 is 1.24 bits per heavy atom. The van der Waals surface area contributed by atoms with Crippen LogP contribution in [0.5, 0.6) is 0 Å². The second-order valence-corrected chi connectivity index (χ2v) is 5.62. The maximum atomic E-state index is 6.10. The van der Waals surface area contributed by atoms with E-state index in [2.05, 4.69) is 61.4 Å². The number of anilines is 1. The Kier molecular flexibility index (Phi) is 5.34. The zero-order valence-corrected chi connectivity index (χ0v) is 13.2. The van der Waals surface area contributed by atoms with Crippen LogP contribution in [0.25, 0.3) is 0 Å². The van der Waals surface area contributed by atoms with E-state index < -0.39 is 0 Å². The maximum absolute atomic E-state index is 6.10. The summed E-state index contributed by atoms with van der Waals surface area (Å²) in [4.78, 5) is 4.31. The standard InChI is InChI=1S/C18H25N3/c1-4-9-20-17(11-15-8-6-5-7-14(15)3)16-10-13(2)12-21-18(16)19/h5-8,10,12,17,20H,4,9,11H2,1-3H3,(H2,19,21). The van der Waals surface area contributed by atoms with E-state index >= 15 is 0 Å². The van der Waals surface area contributed by atoms with Crippen LogP contribution in [0.3, 0.4) is 0 Å². The molecule has 0 spiro atoms. The van der Waals surface area contributed by atoms with Crippen LogP contribution in [-0.4, -0.2) is 11.5 Å². The number of nitrogens with two attached hydrogens (primary N) is 1. The summed E-state index contributed by atoms with van der Waals surface area (Å²) in [5.41, 5.74) is 11.0. The molecule has 3 nitrogen and oxygen atoms in total. The molecular weight excluding hydrogens is 258 g/mol. The molecule has 3 N–H and O–H groups in total. The van der Waals surface area contributed by atoms with E-state index in [1.807, 2.05) is 6.20 Å². The number of pyridine rings is 1. The Balaban J connectivity index is 2.30. The minimum Gasteiger partial charge on any atom is -0.383 e. The minimum atomic E-state index is 0.207. The molecule has 0 amide bonds. The molecule has 0 saturated carbocycles. The lowest BCUT2D eigenvalue weighted by atomic mass is 9.95. The van der Waals surface area contributed by atoms with Gasteiger partial charge in [-0.2, -0.15) is 0 Å². The van der Waals surface area contributed by atoms with E-state index in [4.69, 9.17) is 5.73 Å². The van der Waals surface area contributed by atoms with Crippen LogP contribution in [0.2, 0.25) is 0 Å². The number of hydrogen-bond donors (Lipinski definition) is 2. The number of nitrogens with zero attached hydrogens (tertiary/aromatic N) is 1. The van der Waals surface area contributed by atoms with Crippen molar-refractivity contribution in [2.75, 3.05) is 12.3 Å². The lowest BCUT2D eigenvalue weighted by Crippen LogP contribution is -2.25. The number of nitrogens with one attached hydrogen (secondary N) is 1. The fourth-order valence-electron chi connectivity index (χ4n) is 2.55. The molecule has 1 heterocycles. The summed E-state index contributed by atoms with van der Waals surface area (Å²) >= 11 is 0. The third kappa shape index (κ3) is 4.05. The van der Waals surface area contributed by atoms with Gasteiger partial charge in [0.2, 0.25) is 0 Å². The first-order valence-corrected chi connectivity index (χ1v) is 7.61. The van der Waals surface area contributed by atoms with Gasteiger partial charge in [-0.1, -0.05) is 31.2 Å². The highest BCUT2D eigenvalue weighted by Crippen LogP contribution is 2.24. The molecule has 2 aromatic rings. The predicted molar refractivity (Wildman–Crippen MR) is 89.3 cm³/mol. The molecule has 0 radical (unpaired) electrons. The maximum Gasteiger partial charge on any atom is 0.128 e. The van der Waals surface area contributed by atoms with Crippen LogP contribution in [-0.2, 0) is 6.42 Å². The highest BCUT2D eigenvalue weighted by atomic mass is 14.9. The lowest BCUT2D eigenvalue weighted by Gasteiger charge is -2.21. The van der Waals surface area contributed by atoms with Gasteiger partial charge in [-0.25, -0.2) is 4.98 Å². The van der Waals surface area contributed by atoms with Gasteiger partial charge in [0, 0.05) is 17.8 Å². The Hall–Kier alpha value is -1.87. The van der Waals surface area contributed by atoms with Gasteiger partial charge in [-0.15, -0.1) is 0 Å². The van der Waals surface area contributed by atoms with E-state index in [1.54, 1.807) is 0 Å². The lowest BCUT2D eigenvalue weighted by molar-refractivity contribution is 0.528. The van der Waals surface area contributed by atoms with Crippen LogP contribution >= 0.6 is 0 Å². The van der Waals surface area contributed by atoms with Crippen molar-refractivity contribution in [3.63, 3.8) is 0 Å². The number of hydrogen-bond acceptors (Lipinski definition) is 3. The Morgan fingerprint density at radius 3 is 2.71 bits per heavy atom. The van der Waals surface area contributed by atoms with Gasteiger partial charge in [-0.3, -0.25) is 0 Å². The van der Waals surface area contributed by atoms with Crippen molar-refractivity contribution in [1.29, 1.82) is 0 Å². The Bertz CT molecular complexity index is 593. The highest BCUT2D eigenvalue weighted by molar-refractivity contribution is 5.44. The molecule has 112 valence electrons. The summed E-state index contributed by atoms with van der Waals surface area (Å²) in [7, 11) is 0. The van der Waals surface area contributed by atoms with Gasteiger partial charge in [-0.05, 0) is 56.0 Å². The van der Waals surface area contributed by atoms with Crippen molar-refractivity contribution in [3.8, 4) is 0 Å². The van der Waals surface area contributed by atoms with Gasteiger partial charge in [0.1, 0.15) is 5.82 Å². The van der Waals surface area contributed by atoms with Gasteiger partial charge in [0.15, 0.2) is 0 Å². The zero-order valence-electron chi connectivity index (χ0n) is 13.2. The summed E-state index contributed by atoms with van der Waals surface area (Å²) in [6, 6.07) is 10.9. The molecule has 0 aliphatic heterocycles. The molecule has 0 fully saturated rings. The van der Waals surface area contributed by atoms with E-state index in [0.717, 1.165) is 30.5 Å². The van der Waals surface area contributed by atoms with Crippen molar-refractivity contribution in [1.82, 2.24) is 10.3 Å². The molecule has 3 heteroatoms. The van der Waals surface area contributed by atoms with Crippen molar-refractivity contribution < 1.29 is 0 Å². The first kappa shape index (κ1) is 15.5. The molecule has 1 atom stereocenters. The second kappa shape index (κ2) is 7.23. The van der Waals surface area contributed by atoms with Gasteiger partial charge in [0.05, 0.1) is 0 Å². The quantitative estimate of drug-likeness (QED) is 0.852. The summed E-state index contributed by atoms with van der Waals surface area (Å²) in [6.45, 7) is 7.37. The summed E-state index contributed by atoms with van der Waals surface area (Å²) in [5.74, 6) is 0.628. The average molecular weight is 283 g/mol. The minimum absolute atomic E-state index is 0.207. The molecule has 0 bridgehead atoms. The largest absolute Gasteiger partial charge is 0.383 e. The summed E-state index contributed by atoms with van der Waals surface area (Å²) in [5, 5.41) is 3.61. The third-order valence-electron chi connectivity index (χ3n) is 3.79. The number of aryl methyl sites for hydroxylation is 2. The van der Waals surface area contributed by atoms with Gasteiger partial charge < -0.3 is 11.1 Å². The number of benzene rings is 1. The topological polar surface area (TPSA) is 50.9 Å². The van der Waals surface area contributed by atoms with Gasteiger partial charge in [0.25, 0.3) is 0 Å². The molecule has 0 saturated heterocycles. The molecule has 1 unspecified atom stereocenters. The SMILES string of the molecule is CCCNC(Cc1ccccc1C)c1cc(C)cnc1N. The first-order chi connectivity index (χ1) is 10.1. The fourth-order valence-corrected chi connectivity index (χ4v) is 2.55. The number of aromatic nitrogens is 1. The fraction of sp³-hybridized carbons (Fsp3) is 0.389. The van der Waals surface area contributed by atoms with E-state index in [-0.39, 0.29) is 6.04 Å². The molecule has 1 aromatic carbocycles. The smallest absolute Gasteiger partial charge is 0.128 e. The number of rotatable bonds is 6. The second-order valence-electron chi connectivity index (χ2n) is 5.62. The summed E-state index contributed by atoms with van der Waals surface area (Å²) in [6.07, 6.45) is 3.86. The molecular formula is C18H25N3. The van der Waals surface area contributed by atoms with Crippen LogP contribution < -0.4 is 11.1 Å². The van der Waals surface area contributed by atoms with Crippen molar-refractivity contribution in [2.24, 2.45) is 0 Å². The van der Waals surface area contributed by atoms with Crippen molar-refractivity contribution in [2.45, 2.75) is 39.7 Å². The van der Waals surface area contributed by atoms with E-state index in [1.165, 1.54) is 11.1 Å². The zero-order chi connectivity index (χ0) is 15.2. The molecule has 21 heavy (non-hydrogen) atoms. The average Bonchev–Trinajstić information content (AvgIpc) is 2.48. The van der Waals surface area contributed by atoms with E-state index in [0.29, 0.717) is 5.82 Å². The molecule has 0 aliphatic carbocycles. The third-order valence-corrected chi connectivity index (χ3v) is 3.79. The van der Waals surface area contributed by atoms with Crippen LogP contribution in [0.4, 0.5) is 5.82 Å². The van der Waals surface area contributed by atoms with Crippen LogP contribution in [0.1, 0.15) is 41.6 Å². The molecule has 0 aliphatic rings. The monoisotopic (exact) mass is 283 g/mol. The van der Waals surface area contributed by atoms with Gasteiger partial charge >= 0.3 is 0 Å². The summed E-state index contributed by atoms with van der Waals surface area (Å²) < 4.78 is 0. The van der Waals surface area contributed by atoms with Crippen molar-refractivity contribution in [3.05, 3.63) is 58.8 Å².